The van der Waals surface area contributed by atoms with Gasteiger partial charge in [0.05, 0.1) is 6.54 Å². The van der Waals surface area contributed by atoms with Gasteiger partial charge in [-0.05, 0) is 30.3 Å². The van der Waals surface area contributed by atoms with E-state index in [1.807, 2.05) is 54.6 Å². The molecule has 0 radical (unpaired) electrons. The monoisotopic (exact) mass is 285 g/mol. The summed E-state index contributed by atoms with van der Waals surface area (Å²) in [5.74, 6) is 6.21. The minimum absolute atomic E-state index is 0.649. The van der Waals surface area contributed by atoms with E-state index in [-0.39, 0.29) is 0 Å². The lowest BCUT2D eigenvalue weighted by Gasteiger charge is -1.99. The zero-order chi connectivity index (χ0) is 11.9. The largest absolute Gasteiger partial charge is 0.374 e. The van der Waals surface area contributed by atoms with Gasteiger partial charge in [-0.25, -0.2) is 0 Å². The van der Waals surface area contributed by atoms with Gasteiger partial charge in [-0.3, -0.25) is 0 Å². The van der Waals surface area contributed by atoms with Gasteiger partial charge in [0.2, 0.25) is 0 Å². The number of hydrogen-bond acceptors (Lipinski definition) is 1. The van der Waals surface area contributed by atoms with Crippen molar-refractivity contribution in [1.29, 1.82) is 0 Å². The van der Waals surface area contributed by atoms with Crippen molar-refractivity contribution in [3.63, 3.8) is 0 Å². The quantitative estimate of drug-likeness (QED) is 0.825. The van der Waals surface area contributed by atoms with E-state index >= 15 is 0 Å². The maximum absolute atomic E-state index is 3.42. The van der Waals surface area contributed by atoms with Gasteiger partial charge in [-0.2, -0.15) is 0 Å². The van der Waals surface area contributed by atoms with Crippen LogP contribution in [0, 0.1) is 11.8 Å². The van der Waals surface area contributed by atoms with Gasteiger partial charge >= 0.3 is 0 Å². The third-order valence-electron chi connectivity index (χ3n) is 2.21. The van der Waals surface area contributed by atoms with Crippen molar-refractivity contribution in [2.24, 2.45) is 0 Å². The van der Waals surface area contributed by atoms with Crippen molar-refractivity contribution in [2.75, 3.05) is 11.9 Å². The molecule has 0 fully saturated rings. The second-order valence-electron chi connectivity index (χ2n) is 3.53. The molecule has 1 N–H and O–H groups in total. The fourth-order valence-electron chi connectivity index (χ4n) is 1.41. The summed E-state index contributed by atoms with van der Waals surface area (Å²) < 4.78 is 1.06. The summed E-state index contributed by atoms with van der Waals surface area (Å²) in [5.41, 5.74) is 2.12. The molecule has 0 spiro atoms. The SMILES string of the molecule is Brc1cccc(C#CCNc2ccccc2)c1. The number of anilines is 1. The number of hydrogen-bond donors (Lipinski definition) is 1. The molecule has 0 unspecified atom stereocenters. The minimum Gasteiger partial charge on any atom is -0.374 e. The molecule has 0 bridgehead atoms. The Labute approximate surface area is 110 Å². The van der Waals surface area contributed by atoms with Crippen molar-refractivity contribution in [3.05, 3.63) is 64.6 Å². The molecule has 17 heavy (non-hydrogen) atoms. The first kappa shape index (κ1) is 11.8. The van der Waals surface area contributed by atoms with E-state index in [1.54, 1.807) is 0 Å². The van der Waals surface area contributed by atoms with Crippen LogP contribution in [0.1, 0.15) is 5.56 Å². The van der Waals surface area contributed by atoms with Gasteiger partial charge in [0.25, 0.3) is 0 Å². The Balaban J connectivity index is 1.91. The highest BCUT2D eigenvalue weighted by Crippen LogP contribution is 2.10. The van der Waals surface area contributed by atoms with Crippen LogP contribution in [0.15, 0.2) is 59.1 Å². The molecule has 0 aliphatic rings. The molecule has 84 valence electrons. The molecule has 0 aromatic heterocycles. The van der Waals surface area contributed by atoms with Gasteiger partial charge in [0, 0.05) is 15.7 Å². The summed E-state index contributed by atoms with van der Waals surface area (Å²) in [6.07, 6.45) is 0. The summed E-state index contributed by atoms with van der Waals surface area (Å²) in [6, 6.07) is 18.1. The van der Waals surface area contributed by atoms with Crippen LogP contribution in [0.5, 0.6) is 0 Å². The molecule has 0 aliphatic heterocycles. The Hall–Kier alpha value is -1.72. The number of para-hydroxylation sites is 1. The topological polar surface area (TPSA) is 12.0 Å². The molecule has 0 saturated heterocycles. The average Bonchev–Trinajstić information content (AvgIpc) is 2.36. The van der Waals surface area contributed by atoms with E-state index in [1.165, 1.54) is 0 Å². The van der Waals surface area contributed by atoms with Crippen LogP contribution in [0.25, 0.3) is 0 Å². The maximum atomic E-state index is 3.42. The van der Waals surface area contributed by atoms with Crippen molar-refractivity contribution >= 4 is 21.6 Å². The minimum atomic E-state index is 0.649. The molecular weight excluding hydrogens is 274 g/mol. The van der Waals surface area contributed by atoms with Gasteiger partial charge in [0.1, 0.15) is 0 Å². The third kappa shape index (κ3) is 3.97. The van der Waals surface area contributed by atoms with E-state index in [0.717, 1.165) is 15.7 Å². The van der Waals surface area contributed by atoms with E-state index in [2.05, 4.69) is 33.1 Å². The van der Waals surface area contributed by atoms with Crippen molar-refractivity contribution in [3.8, 4) is 11.8 Å². The summed E-state index contributed by atoms with van der Waals surface area (Å²) in [7, 11) is 0. The van der Waals surface area contributed by atoms with E-state index in [9.17, 15) is 0 Å². The zero-order valence-corrected chi connectivity index (χ0v) is 10.9. The second-order valence-corrected chi connectivity index (χ2v) is 4.45. The molecule has 2 heteroatoms. The van der Waals surface area contributed by atoms with Gasteiger partial charge in [0.15, 0.2) is 0 Å². The fourth-order valence-corrected chi connectivity index (χ4v) is 1.81. The van der Waals surface area contributed by atoms with Crippen molar-refractivity contribution in [1.82, 2.24) is 0 Å². The van der Waals surface area contributed by atoms with Crippen LogP contribution in [-0.4, -0.2) is 6.54 Å². The first-order valence-electron chi connectivity index (χ1n) is 5.38. The summed E-state index contributed by atoms with van der Waals surface area (Å²) in [6.45, 7) is 0.649. The molecule has 0 heterocycles. The third-order valence-corrected chi connectivity index (χ3v) is 2.71. The van der Waals surface area contributed by atoms with E-state index in [0.29, 0.717) is 6.54 Å². The normalized spacial score (nSPS) is 9.24. The fraction of sp³-hybridized carbons (Fsp3) is 0.0667. The maximum Gasteiger partial charge on any atom is 0.0769 e. The molecule has 2 aromatic carbocycles. The van der Waals surface area contributed by atoms with Crippen LogP contribution < -0.4 is 5.32 Å². The smallest absolute Gasteiger partial charge is 0.0769 e. The van der Waals surface area contributed by atoms with Gasteiger partial charge < -0.3 is 5.32 Å². The van der Waals surface area contributed by atoms with Gasteiger partial charge in [-0.1, -0.05) is 52.0 Å². The lowest BCUT2D eigenvalue weighted by atomic mass is 10.2. The van der Waals surface area contributed by atoms with Crippen LogP contribution in [0.3, 0.4) is 0 Å². The predicted molar refractivity (Wildman–Crippen MR) is 76.0 cm³/mol. The standard InChI is InChI=1S/C15H12BrN/c16-14-8-4-6-13(12-14)7-5-11-17-15-9-2-1-3-10-15/h1-4,6,8-10,12,17H,11H2. The number of rotatable bonds is 2. The molecular formula is C15H12BrN. The first-order valence-corrected chi connectivity index (χ1v) is 6.17. The van der Waals surface area contributed by atoms with E-state index < -0.39 is 0 Å². The Kier molecular flexibility index (Phi) is 4.23. The average molecular weight is 286 g/mol. The van der Waals surface area contributed by atoms with Crippen molar-refractivity contribution in [2.45, 2.75) is 0 Å². The molecule has 0 amide bonds. The molecule has 0 saturated carbocycles. The predicted octanol–water partition coefficient (Wildman–Crippen LogP) is 3.91. The summed E-state index contributed by atoms with van der Waals surface area (Å²) in [4.78, 5) is 0. The lowest BCUT2D eigenvalue weighted by molar-refractivity contribution is 1.38. The van der Waals surface area contributed by atoms with E-state index in [4.69, 9.17) is 0 Å². The summed E-state index contributed by atoms with van der Waals surface area (Å²) >= 11 is 3.42. The molecule has 0 aliphatic carbocycles. The molecule has 0 atom stereocenters. The second kappa shape index (κ2) is 6.12. The molecule has 1 nitrogen and oxygen atoms in total. The zero-order valence-electron chi connectivity index (χ0n) is 9.28. The number of benzene rings is 2. The number of halogens is 1. The van der Waals surface area contributed by atoms with Crippen molar-refractivity contribution < 1.29 is 0 Å². The Morgan fingerprint density at radius 1 is 1.00 bits per heavy atom. The van der Waals surface area contributed by atoms with Gasteiger partial charge in [-0.15, -0.1) is 0 Å². The molecule has 2 rings (SSSR count). The Bertz CT molecular complexity index is 538. The highest BCUT2D eigenvalue weighted by atomic mass is 79.9. The van der Waals surface area contributed by atoms with Crippen LogP contribution in [0.2, 0.25) is 0 Å². The molecule has 2 aromatic rings. The highest BCUT2D eigenvalue weighted by molar-refractivity contribution is 9.10. The Morgan fingerprint density at radius 3 is 2.59 bits per heavy atom. The Morgan fingerprint density at radius 2 is 1.82 bits per heavy atom. The highest BCUT2D eigenvalue weighted by Gasteiger charge is 1.88. The van der Waals surface area contributed by atoms with Crippen LogP contribution in [0.4, 0.5) is 5.69 Å². The van der Waals surface area contributed by atoms with Crippen LogP contribution >= 0.6 is 15.9 Å². The first-order chi connectivity index (χ1) is 8.34. The van der Waals surface area contributed by atoms with Crippen LogP contribution in [-0.2, 0) is 0 Å². The lowest BCUT2D eigenvalue weighted by Crippen LogP contribution is -1.97. The number of nitrogens with one attached hydrogen (secondary N) is 1. The summed E-state index contributed by atoms with van der Waals surface area (Å²) in [5, 5.41) is 3.24.